The summed E-state index contributed by atoms with van der Waals surface area (Å²) in [6, 6.07) is 4.27. The predicted octanol–water partition coefficient (Wildman–Crippen LogP) is 3.90. The summed E-state index contributed by atoms with van der Waals surface area (Å²) in [5.74, 6) is -1.03. The summed E-state index contributed by atoms with van der Waals surface area (Å²) in [6.45, 7) is 5.19. The Morgan fingerprint density at radius 1 is 1.32 bits per heavy atom. The lowest BCUT2D eigenvalue weighted by molar-refractivity contribution is -0.137. The molecule has 0 aromatic heterocycles. The highest BCUT2D eigenvalue weighted by molar-refractivity contribution is 6.33. The van der Waals surface area contributed by atoms with E-state index in [1.165, 1.54) is 0 Å². The number of nitrogens with one attached hydrogen (secondary N) is 1. The molecule has 2 N–H and O–H groups in total. The number of amides is 1. The van der Waals surface area contributed by atoms with Crippen LogP contribution in [-0.4, -0.2) is 28.8 Å². The minimum atomic E-state index is -1.03. The summed E-state index contributed by atoms with van der Waals surface area (Å²) >= 11 is 12.0. The van der Waals surface area contributed by atoms with Gasteiger partial charge in [0.1, 0.15) is 5.60 Å². The second-order valence-electron chi connectivity index (χ2n) is 5.88. The summed E-state index contributed by atoms with van der Waals surface area (Å²) in [7, 11) is 0. The zero-order chi connectivity index (χ0) is 16.9. The van der Waals surface area contributed by atoms with E-state index in [0.29, 0.717) is 15.6 Å². The van der Waals surface area contributed by atoms with Crippen LogP contribution in [0.2, 0.25) is 10.0 Å². The third-order valence-corrected chi connectivity index (χ3v) is 3.22. The Kier molecular flexibility index (Phi) is 6.50. The van der Waals surface area contributed by atoms with Gasteiger partial charge in [-0.25, -0.2) is 4.79 Å². The van der Waals surface area contributed by atoms with Crippen LogP contribution < -0.4 is 5.32 Å². The number of carbonyl (C=O) groups excluding carboxylic acids is 1. The van der Waals surface area contributed by atoms with Gasteiger partial charge in [0, 0.05) is 16.1 Å². The fourth-order valence-electron chi connectivity index (χ4n) is 1.82. The molecule has 122 valence electrons. The number of carboxylic acid groups (broad SMARTS) is 1. The zero-order valence-corrected chi connectivity index (χ0v) is 14.2. The van der Waals surface area contributed by atoms with Crippen molar-refractivity contribution in [2.45, 2.75) is 45.3 Å². The van der Waals surface area contributed by atoms with Crippen LogP contribution >= 0.6 is 23.2 Å². The van der Waals surface area contributed by atoms with Crippen molar-refractivity contribution in [1.29, 1.82) is 0 Å². The Labute approximate surface area is 139 Å². The maximum absolute atomic E-state index is 11.8. The third-order valence-electron chi connectivity index (χ3n) is 2.62. The van der Waals surface area contributed by atoms with E-state index in [1.807, 2.05) is 0 Å². The van der Waals surface area contributed by atoms with Crippen LogP contribution in [0.3, 0.4) is 0 Å². The molecule has 1 rings (SSSR count). The Bertz CT molecular complexity index is 555. The minimum Gasteiger partial charge on any atom is -0.481 e. The first-order chi connectivity index (χ1) is 10.1. The number of rotatable bonds is 5. The number of carboxylic acids is 1. The molecular formula is C15H19Cl2NO4. The van der Waals surface area contributed by atoms with E-state index in [1.54, 1.807) is 39.0 Å². The first-order valence-corrected chi connectivity index (χ1v) is 7.47. The predicted molar refractivity (Wildman–Crippen MR) is 85.6 cm³/mol. The highest BCUT2D eigenvalue weighted by Gasteiger charge is 2.22. The van der Waals surface area contributed by atoms with E-state index in [4.69, 9.17) is 33.0 Å². The van der Waals surface area contributed by atoms with Gasteiger partial charge < -0.3 is 15.2 Å². The number of ether oxygens (including phenoxy) is 1. The fraction of sp³-hybridized carbons (Fsp3) is 0.467. The first kappa shape index (κ1) is 18.6. The highest BCUT2D eigenvalue weighted by Crippen LogP contribution is 2.22. The minimum absolute atomic E-state index is 0.241. The molecule has 0 bridgehead atoms. The SMILES string of the molecule is CC(C)(C)OC(=O)N[C@@H](CC(=O)O)Cc1cc(Cl)ccc1Cl. The van der Waals surface area contributed by atoms with Crippen LogP contribution in [0.15, 0.2) is 18.2 Å². The molecule has 1 atom stereocenters. The molecule has 0 saturated carbocycles. The molecule has 0 heterocycles. The van der Waals surface area contributed by atoms with Gasteiger partial charge in [0.25, 0.3) is 0 Å². The molecule has 0 aliphatic rings. The fourth-order valence-corrected chi connectivity index (χ4v) is 2.21. The molecule has 0 aliphatic heterocycles. The molecule has 1 aromatic carbocycles. The van der Waals surface area contributed by atoms with E-state index in [-0.39, 0.29) is 12.8 Å². The highest BCUT2D eigenvalue weighted by atomic mass is 35.5. The Hall–Kier alpha value is -1.46. The standard InChI is InChI=1S/C15H19Cl2NO4/c1-15(2,3)22-14(21)18-11(8-13(19)20)7-9-6-10(16)4-5-12(9)17/h4-6,11H,7-8H2,1-3H3,(H,18,21)(H,19,20)/t11-/m1/s1. The molecule has 5 nitrogen and oxygen atoms in total. The van der Waals surface area contributed by atoms with Crippen molar-refractivity contribution >= 4 is 35.3 Å². The van der Waals surface area contributed by atoms with E-state index in [0.717, 1.165) is 0 Å². The second-order valence-corrected chi connectivity index (χ2v) is 6.72. The second kappa shape index (κ2) is 7.70. The van der Waals surface area contributed by atoms with Crippen LogP contribution in [0.4, 0.5) is 4.79 Å². The molecule has 0 radical (unpaired) electrons. The van der Waals surface area contributed by atoms with Crippen LogP contribution in [0, 0.1) is 0 Å². The largest absolute Gasteiger partial charge is 0.481 e. The number of hydrogen-bond acceptors (Lipinski definition) is 3. The molecule has 0 aliphatic carbocycles. The summed E-state index contributed by atoms with van der Waals surface area (Å²) in [6.07, 6.45) is -0.676. The molecule has 0 unspecified atom stereocenters. The van der Waals surface area contributed by atoms with Crippen molar-refractivity contribution < 1.29 is 19.4 Å². The number of aliphatic carboxylic acids is 1. The van der Waals surface area contributed by atoms with Crippen LogP contribution in [0.1, 0.15) is 32.8 Å². The van der Waals surface area contributed by atoms with Gasteiger partial charge in [0.15, 0.2) is 0 Å². The zero-order valence-electron chi connectivity index (χ0n) is 12.7. The van der Waals surface area contributed by atoms with Gasteiger partial charge in [-0.3, -0.25) is 4.79 Å². The van der Waals surface area contributed by atoms with Gasteiger partial charge in [0.05, 0.1) is 6.42 Å². The summed E-state index contributed by atoms with van der Waals surface area (Å²) in [4.78, 5) is 22.8. The molecule has 1 aromatic rings. The molecular weight excluding hydrogens is 329 g/mol. The van der Waals surface area contributed by atoms with Crippen LogP contribution in [0.25, 0.3) is 0 Å². The summed E-state index contributed by atoms with van der Waals surface area (Å²) in [5, 5.41) is 12.5. The van der Waals surface area contributed by atoms with Crippen molar-refractivity contribution in [3.05, 3.63) is 33.8 Å². The molecule has 0 fully saturated rings. The van der Waals surface area contributed by atoms with E-state index < -0.39 is 23.7 Å². The first-order valence-electron chi connectivity index (χ1n) is 6.72. The normalized spacial score (nSPS) is 12.6. The van der Waals surface area contributed by atoms with Crippen molar-refractivity contribution in [3.63, 3.8) is 0 Å². The van der Waals surface area contributed by atoms with Gasteiger partial charge in [-0.2, -0.15) is 0 Å². The van der Waals surface area contributed by atoms with Gasteiger partial charge in [0.2, 0.25) is 0 Å². The quantitative estimate of drug-likeness (QED) is 0.846. The van der Waals surface area contributed by atoms with Crippen molar-refractivity contribution in [2.24, 2.45) is 0 Å². The van der Waals surface area contributed by atoms with E-state index in [9.17, 15) is 9.59 Å². The summed E-state index contributed by atoms with van der Waals surface area (Å²) in [5.41, 5.74) is 0.00225. The third kappa shape index (κ3) is 7.00. The monoisotopic (exact) mass is 347 g/mol. The van der Waals surface area contributed by atoms with Gasteiger partial charge in [-0.15, -0.1) is 0 Å². The molecule has 1 amide bonds. The number of carbonyl (C=O) groups is 2. The Morgan fingerprint density at radius 3 is 2.50 bits per heavy atom. The number of alkyl carbamates (subject to hydrolysis) is 1. The van der Waals surface area contributed by atoms with Gasteiger partial charge in [-0.1, -0.05) is 23.2 Å². The molecule has 22 heavy (non-hydrogen) atoms. The maximum atomic E-state index is 11.8. The number of halogens is 2. The molecule has 0 spiro atoms. The van der Waals surface area contributed by atoms with Crippen LogP contribution in [0.5, 0.6) is 0 Å². The lowest BCUT2D eigenvalue weighted by Gasteiger charge is -2.23. The van der Waals surface area contributed by atoms with Crippen molar-refractivity contribution in [1.82, 2.24) is 5.32 Å². The van der Waals surface area contributed by atoms with Crippen molar-refractivity contribution in [2.75, 3.05) is 0 Å². The van der Waals surface area contributed by atoms with E-state index >= 15 is 0 Å². The number of hydrogen-bond donors (Lipinski definition) is 2. The average Bonchev–Trinajstić information content (AvgIpc) is 2.30. The lowest BCUT2D eigenvalue weighted by Crippen LogP contribution is -2.41. The smallest absolute Gasteiger partial charge is 0.407 e. The average molecular weight is 348 g/mol. The van der Waals surface area contributed by atoms with Gasteiger partial charge >= 0.3 is 12.1 Å². The Morgan fingerprint density at radius 2 is 1.95 bits per heavy atom. The Balaban J connectivity index is 2.82. The topological polar surface area (TPSA) is 75.6 Å². The van der Waals surface area contributed by atoms with Crippen molar-refractivity contribution in [3.8, 4) is 0 Å². The lowest BCUT2D eigenvalue weighted by atomic mass is 10.0. The van der Waals surface area contributed by atoms with Gasteiger partial charge in [-0.05, 0) is 51.0 Å². The van der Waals surface area contributed by atoms with E-state index in [2.05, 4.69) is 5.32 Å². The summed E-state index contributed by atoms with van der Waals surface area (Å²) < 4.78 is 5.14. The maximum Gasteiger partial charge on any atom is 0.407 e. The molecule has 7 heteroatoms. The van der Waals surface area contributed by atoms with Crippen LogP contribution in [-0.2, 0) is 16.0 Å². The number of benzene rings is 1. The molecule has 0 saturated heterocycles.